The lowest BCUT2D eigenvalue weighted by molar-refractivity contribution is 0.290. The lowest BCUT2D eigenvalue weighted by atomic mass is 9.87. The molecule has 90 valence electrons. The van der Waals surface area contributed by atoms with Gasteiger partial charge in [0.25, 0.3) is 0 Å². The van der Waals surface area contributed by atoms with Crippen LogP contribution in [0.1, 0.15) is 65.2 Å². The van der Waals surface area contributed by atoms with Crippen molar-refractivity contribution in [2.24, 2.45) is 11.8 Å². The van der Waals surface area contributed by atoms with Gasteiger partial charge in [-0.2, -0.15) is 0 Å². The summed E-state index contributed by atoms with van der Waals surface area (Å²) in [6.45, 7) is 4.72. The minimum atomic E-state index is 0.791. The van der Waals surface area contributed by atoms with Gasteiger partial charge in [-0.25, -0.2) is 0 Å². The van der Waals surface area contributed by atoms with Crippen LogP contribution in [-0.4, -0.2) is 13.1 Å². The molecule has 1 N–H and O–H groups in total. The molecular formula is C14H29N. The van der Waals surface area contributed by atoms with Crippen LogP contribution in [0.5, 0.6) is 0 Å². The molecule has 1 nitrogen and oxygen atoms in total. The predicted molar refractivity (Wildman–Crippen MR) is 68.1 cm³/mol. The van der Waals surface area contributed by atoms with Crippen LogP contribution in [0, 0.1) is 11.8 Å². The first-order valence-electron chi connectivity index (χ1n) is 6.96. The zero-order valence-corrected chi connectivity index (χ0v) is 10.9. The van der Waals surface area contributed by atoms with Gasteiger partial charge in [-0.15, -0.1) is 0 Å². The second-order valence-corrected chi connectivity index (χ2v) is 5.32. The van der Waals surface area contributed by atoms with Crippen molar-refractivity contribution in [3.8, 4) is 0 Å². The van der Waals surface area contributed by atoms with Crippen molar-refractivity contribution in [1.82, 2.24) is 5.32 Å². The average Bonchev–Trinajstić information content (AvgIpc) is 2.65. The fourth-order valence-corrected chi connectivity index (χ4v) is 3.14. The van der Waals surface area contributed by atoms with Crippen LogP contribution in [0.3, 0.4) is 0 Å². The maximum Gasteiger partial charge on any atom is 0.00948 e. The molecule has 1 fully saturated rings. The molecule has 15 heavy (non-hydrogen) atoms. The van der Waals surface area contributed by atoms with Gasteiger partial charge in [0, 0.05) is 6.04 Å². The molecule has 1 heteroatoms. The molecule has 0 spiro atoms. The topological polar surface area (TPSA) is 12.0 Å². The van der Waals surface area contributed by atoms with Crippen LogP contribution >= 0.6 is 0 Å². The van der Waals surface area contributed by atoms with E-state index >= 15 is 0 Å². The molecule has 0 bridgehead atoms. The van der Waals surface area contributed by atoms with E-state index < -0.39 is 0 Å². The monoisotopic (exact) mass is 211 g/mol. The Balaban J connectivity index is 2.22. The zero-order valence-electron chi connectivity index (χ0n) is 10.9. The van der Waals surface area contributed by atoms with Crippen LogP contribution in [0.15, 0.2) is 0 Å². The van der Waals surface area contributed by atoms with Gasteiger partial charge in [0.2, 0.25) is 0 Å². The van der Waals surface area contributed by atoms with E-state index in [4.69, 9.17) is 0 Å². The third-order valence-corrected chi connectivity index (χ3v) is 4.18. The highest BCUT2D eigenvalue weighted by molar-refractivity contribution is 4.83. The first-order chi connectivity index (χ1) is 7.29. The molecule has 3 unspecified atom stereocenters. The second-order valence-electron chi connectivity index (χ2n) is 5.32. The molecule has 1 saturated carbocycles. The van der Waals surface area contributed by atoms with E-state index in [9.17, 15) is 0 Å². The van der Waals surface area contributed by atoms with Gasteiger partial charge in [0.05, 0.1) is 0 Å². The van der Waals surface area contributed by atoms with Crippen molar-refractivity contribution in [3.05, 3.63) is 0 Å². The molecule has 0 amide bonds. The highest BCUT2D eigenvalue weighted by atomic mass is 14.9. The van der Waals surface area contributed by atoms with E-state index in [0.717, 1.165) is 17.9 Å². The van der Waals surface area contributed by atoms with Crippen molar-refractivity contribution in [3.63, 3.8) is 0 Å². The van der Waals surface area contributed by atoms with E-state index in [2.05, 4.69) is 26.2 Å². The number of rotatable bonds is 7. The van der Waals surface area contributed by atoms with E-state index in [1.807, 2.05) is 0 Å². The first-order valence-corrected chi connectivity index (χ1v) is 6.96. The summed E-state index contributed by atoms with van der Waals surface area (Å²) in [5.41, 5.74) is 0. The Labute approximate surface area is 96.0 Å². The molecule has 1 aliphatic carbocycles. The lowest BCUT2D eigenvalue weighted by Crippen LogP contribution is -2.34. The Morgan fingerprint density at radius 3 is 2.53 bits per heavy atom. The smallest absolute Gasteiger partial charge is 0.00948 e. The summed E-state index contributed by atoms with van der Waals surface area (Å²) in [5.74, 6) is 1.91. The molecular weight excluding hydrogens is 182 g/mol. The number of unbranched alkanes of at least 4 members (excludes halogenated alkanes) is 3. The van der Waals surface area contributed by atoms with Gasteiger partial charge in [0.1, 0.15) is 0 Å². The predicted octanol–water partition coefficient (Wildman–Crippen LogP) is 3.98. The minimum Gasteiger partial charge on any atom is -0.317 e. The van der Waals surface area contributed by atoms with Crippen LogP contribution in [0.25, 0.3) is 0 Å². The van der Waals surface area contributed by atoms with Gasteiger partial charge in [0.15, 0.2) is 0 Å². The van der Waals surface area contributed by atoms with Crippen LogP contribution in [0.4, 0.5) is 0 Å². The molecule has 0 radical (unpaired) electrons. The van der Waals surface area contributed by atoms with Crippen molar-refractivity contribution >= 4 is 0 Å². The zero-order chi connectivity index (χ0) is 11.1. The Hall–Kier alpha value is -0.0400. The Kier molecular flexibility index (Phi) is 6.31. The highest BCUT2D eigenvalue weighted by Crippen LogP contribution is 2.35. The Bertz CT molecular complexity index is 155. The second kappa shape index (κ2) is 7.27. The van der Waals surface area contributed by atoms with Gasteiger partial charge in [-0.05, 0) is 31.7 Å². The third-order valence-electron chi connectivity index (χ3n) is 4.18. The van der Waals surface area contributed by atoms with Crippen molar-refractivity contribution in [1.29, 1.82) is 0 Å². The van der Waals surface area contributed by atoms with E-state index in [1.165, 1.54) is 51.4 Å². The number of nitrogens with one attached hydrogen (secondary N) is 1. The number of hydrogen-bond donors (Lipinski definition) is 1. The Morgan fingerprint density at radius 1 is 1.20 bits per heavy atom. The molecule has 0 aromatic rings. The van der Waals surface area contributed by atoms with E-state index in [0.29, 0.717) is 0 Å². The normalized spacial score (nSPS) is 28.2. The van der Waals surface area contributed by atoms with Gasteiger partial charge >= 0.3 is 0 Å². The third kappa shape index (κ3) is 4.14. The minimum absolute atomic E-state index is 0.791. The molecule has 0 saturated heterocycles. The van der Waals surface area contributed by atoms with E-state index in [-0.39, 0.29) is 0 Å². The highest BCUT2D eigenvalue weighted by Gasteiger charge is 2.29. The van der Waals surface area contributed by atoms with Crippen LogP contribution in [0.2, 0.25) is 0 Å². The van der Waals surface area contributed by atoms with Crippen LogP contribution < -0.4 is 5.32 Å². The maximum absolute atomic E-state index is 3.55. The molecule has 1 aliphatic rings. The summed E-state index contributed by atoms with van der Waals surface area (Å²) in [6.07, 6.45) is 11.4. The SMILES string of the molecule is CCCCCCC(NC)C1CCCC1C. The summed E-state index contributed by atoms with van der Waals surface area (Å²) in [6, 6.07) is 0.791. The summed E-state index contributed by atoms with van der Waals surface area (Å²) in [5, 5.41) is 3.55. The summed E-state index contributed by atoms with van der Waals surface area (Å²) in [4.78, 5) is 0. The standard InChI is InChI=1S/C14H29N/c1-4-5-6-7-11-14(15-3)13-10-8-9-12(13)2/h12-15H,4-11H2,1-3H3. The molecule has 0 aliphatic heterocycles. The van der Waals surface area contributed by atoms with Gasteiger partial charge in [-0.3, -0.25) is 0 Å². The molecule has 0 heterocycles. The first kappa shape index (κ1) is 13.0. The summed E-state index contributed by atoms with van der Waals surface area (Å²) >= 11 is 0. The molecule has 3 atom stereocenters. The average molecular weight is 211 g/mol. The van der Waals surface area contributed by atoms with Gasteiger partial charge in [-0.1, -0.05) is 52.4 Å². The molecule has 1 rings (SSSR count). The Morgan fingerprint density at radius 2 is 2.00 bits per heavy atom. The van der Waals surface area contributed by atoms with Crippen molar-refractivity contribution in [2.45, 2.75) is 71.3 Å². The van der Waals surface area contributed by atoms with E-state index in [1.54, 1.807) is 0 Å². The molecule has 0 aromatic carbocycles. The lowest BCUT2D eigenvalue weighted by Gasteiger charge is -2.26. The van der Waals surface area contributed by atoms with Crippen molar-refractivity contribution in [2.75, 3.05) is 7.05 Å². The fourth-order valence-electron chi connectivity index (χ4n) is 3.14. The maximum atomic E-state index is 3.55. The van der Waals surface area contributed by atoms with Crippen molar-refractivity contribution < 1.29 is 0 Å². The van der Waals surface area contributed by atoms with Gasteiger partial charge < -0.3 is 5.32 Å². The summed E-state index contributed by atoms with van der Waals surface area (Å²) in [7, 11) is 2.15. The largest absolute Gasteiger partial charge is 0.317 e. The fraction of sp³-hybridized carbons (Fsp3) is 1.00. The summed E-state index contributed by atoms with van der Waals surface area (Å²) < 4.78 is 0. The molecule has 0 aromatic heterocycles. The quantitative estimate of drug-likeness (QED) is 0.628. The van der Waals surface area contributed by atoms with Crippen LogP contribution in [-0.2, 0) is 0 Å². The number of hydrogen-bond acceptors (Lipinski definition) is 1.